The summed E-state index contributed by atoms with van der Waals surface area (Å²) in [5, 5.41) is 2.75. The van der Waals surface area contributed by atoms with Gasteiger partial charge in [-0.2, -0.15) is 0 Å². The number of benzene rings is 2. The number of sulfonamides is 1. The molecule has 9 heteroatoms. The summed E-state index contributed by atoms with van der Waals surface area (Å²) in [5.74, 6) is 0.190. The molecule has 0 saturated carbocycles. The zero-order chi connectivity index (χ0) is 23.5. The maximum absolute atomic E-state index is 12.7. The van der Waals surface area contributed by atoms with Crippen molar-refractivity contribution in [2.24, 2.45) is 0 Å². The minimum atomic E-state index is -3.70. The Morgan fingerprint density at radius 1 is 1.19 bits per heavy atom. The van der Waals surface area contributed by atoms with Gasteiger partial charge in [0.2, 0.25) is 21.8 Å². The smallest absolute Gasteiger partial charge is 0.245 e. The molecule has 2 amide bonds. The Balaban J connectivity index is 1.76. The van der Waals surface area contributed by atoms with E-state index < -0.39 is 15.9 Å². The first-order valence-electron chi connectivity index (χ1n) is 10.5. The molecule has 0 radical (unpaired) electrons. The van der Waals surface area contributed by atoms with Gasteiger partial charge in [-0.3, -0.25) is 13.9 Å². The van der Waals surface area contributed by atoms with Crippen LogP contribution in [0, 0.1) is 6.92 Å². The van der Waals surface area contributed by atoms with Crippen LogP contribution in [0.15, 0.2) is 42.5 Å². The van der Waals surface area contributed by atoms with Crippen molar-refractivity contribution in [3.63, 3.8) is 0 Å². The number of amides is 2. The molecule has 1 N–H and O–H groups in total. The lowest BCUT2D eigenvalue weighted by Crippen LogP contribution is -2.37. The van der Waals surface area contributed by atoms with Crippen molar-refractivity contribution in [3.8, 4) is 5.75 Å². The van der Waals surface area contributed by atoms with E-state index in [2.05, 4.69) is 5.32 Å². The highest BCUT2D eigenvalue weighted by Crippen LogP contribution is 2.28. The first-order valence-corrected chi connectivity index (χ1v) is 12.3. The Bertz CT molecular complexity index is 1100. The Morgan fingerprint density at radius 2 is 1.88 bits per heavy atom. The number of nitrogens with zero attached hydrogens (tertiary/aromatic N) is 2. The third-order valence-corrected chi connectivity index (χ3v) is 6.18. The number of anilines is 3. The topological polar surface area (TPSA) is 96.0 Å². The van der Waals surface area contributed by atoms with Gasteiger partial charge in [0, 0.05) is 24.3 Å². The second-order valence-electron chi connectivity index (χ2n) is 8.13. The molecule has 1 aliphatic rings. The third-order valence-electron chi connectivity index (χ3n) is 5.04. The Kier molecular flexibility index (Phi) is 7.08. The van der Waals surface area contributed by atoms with Crippen molar-refractivity contribution in [1.29, 1.82) is 0 Å². The molecule has 32 heavy (non-hydrogen) atoms. The monoisotopic (exact) mass is 459 g/mol. The molecule has 1 saturated heterocycles. The number of carbonyl (C=O) groups is 2. The highest BCUT2D eigenvalue weighted by molar-refractivity contribution is 7.92. The summed E-state index contributed by atoms with van der Waals surface area (Å²) >= 11 is 0. The predicted molar refractivity (Wildman–Crippen MR) is 126 cm³/mol. The van der Waals surface area contributed by atoms with Crippen molar-refractivity contribution in [1.82, 2.24) is 0 Å². The Morgan fingerprint density at radius 3 is 2.44 bits per heavy atom. The third kappa shape index (κ3) is 5.79. The van der Waals surface area contributed by atoms with Crippen LogP contribution >= 0.6 is 0 Å². The van der Waals surface area contributed by atoms with Crippen molar-refractivity contribution in [3.05, 3.63) is 48.0 Å². The molecule has 0 unspecified atom stereocenters. The number of ether oxygens (including phenoxy) is 1. The van der Waals surface area contributed by atoms with E-state index in [4.69, 9.17) is 4.74 Å². The molecular formula is C23H29N3O5S. The first-order chi connectivity index (χ1) is 15.0. The van der Waals surface area contributed by atoms with Gasteiger partial charge in [-0.25, -0.2) is 8.42 Å². The summed E-state index contributed by atoms with van der Waals surface area (Å²) in [6, 6.07) is 11.9. The molecule has 172 valence electrons. The molecule has 2 aromatic carbocycles. The van der Waals surface area contributed by atoms with E-state index in [1.807, 2.05) is 26.8 Å². The Labute approximate surface area is 189 Å². The van der Waals surface area contributed by atoms with Gasteiger partial charge in [-0.15, -0.1) is 0 Å². The van der Waals surface area contributed by atoms with Gasteiger partial charge < -0.3 is 15.0 Å². The van der Waals surface area contributed by atoms with Crippen LogP contribution < -0.4 is 19.3 Å². The zero-order valence-corrected chi connectivity index (χ0v) is 19.6. The SMILES string of the molecule is Cc1ccc(NC(=O)CN(c2ccc(OC(C)C)cc2)S(C)(=O)=O)cc1N1CCCC1=O. The molecule has 8 nitrogen and oxygen atoms in total. The number of hydrogen-bond donors (Lipinski definition) is 1. The summed E-state index contributed by atoms with van der Waals surface area (Å²) in [6.07, 6.45) is 2.37. The van der Waals surface area contributed by atoms with Gasteiger partial charge in [-0.05, 0) is 69.2 Å². The maximum Gasteiger partial charge on any atom is 0.245 e. The minimum Gasteiger partial charge on any atom is -0.491 e. The number of aryl methyl sites for hydroxylation is 1. The summed E-state index contributed by atoms with van der Waals surface area (Å²) in [6.45, 7) is 5.98. The highest BCUT2D eigenvalue weighted by atomic mass is 32.2. The van der Waals surface area contributed by atoms with Crippen molar-refractivity contribution < 1.29 is 22.7 Å². The lowest BCUT2D eigenvalue weighted by molar-refractivity contribution is -0.117. The van der Waals surface area contributed by atoms with E-state index in [9.17, 15) is 18.0 Å². The van der Waals surface area contributed by atoms with Crippen molar-refractivity contribution in [2.45, 2.75) is 39.7 Å². The van der Waals surface area contributed by atoms with E-state index >= 15 is 0 Å². The quantitative estimate of drug-likeness (QED) is 0.653. The highest BCUT2D eigenvalue weighted by Gasteiger charge is 2.24. The van der Waals surface area contributed by atoms with Gasteiger partial charge in [-0.1, -0.05) is 6.07 Å². The van der Waals surface area contributed by atoms with Crippen LogP contribution in [0.5, 0.6) is 5.75 Å². The number of carbonyl (C=O) groups excluding carboxylic acids is 2. The summed E-state index contributed by atoms with van der Waals surface area (Å²) < 4.78 is 31.4. The van der Waals surface area contributed by atoms with Crippen LogP contribution in [0.3, 0.4) is 0 Å². The average Bonchev–Trinajstić information content (AvgIpc) is 3.13. The van der Waals surface area contributed by atoms with Crippen LogP contribution in [-0.2, 0) is 19.6 Å². The lowest BCUT2D eigenvalue weighted by Gasteiger charge is -2.23. The van der Waals surface area contributed by atoms with Crippen LogP contribution in [0.4, 0.5) is 17.1 Å². The van der Waals surface area contributed by atoms with E-state index in [-0.39, 0.29) is 18.6 Å². The molecule has 0 spiro atoms. The standard InChI is InChI=1S/C23H29N3O5S/c1-16(2)31-20-11-9-19(10-12-20)26(32(4,29)30)15-22(27)24-18-8-7-17(3)21(14-18)25-13-5-6-23(25)28/h7-12,14,16H,5-6,13,15H2,1-4H3,(H,24,27). The Hall–Kier alpha value is -3.07. The summed E-state index contributed by atoms with van der Waals surface area (Å²) in [5.41, 5.74) is 2.56. The maximum atomic E-state index is 12.7. The second kappa shape index (κ2) is 9.60. The largest absolute Gasteiger partial charge is 0.491 e. The molecule has 0 atom stereocenters. The molecule has 1 aliphatic heterocycles. The van der Waals surface area contributed by atoms with Crippen molar-refractivity contribution >= 4 is 38.9 Å². The van der Waals surface area contributed by atoms with Crippen molar-refractivity contribution in [2.75, 3.05) is 33.9 Å². The molecule has 3 rings (SSSR count). The molecule has 0 aliphatic carbocycles. The molecule has 1 fully saturated rings. The summed E-state index contributed by atoms with van der Waals surface area (Å²) in [4.78, 5) is 26.5. The number of nitrogens with one attached hydrogen (secondary N) is 1. The second-order valence-corrected chi connectivity index (χ2v) is 10.0. The van der Waals surface area contributed by atoms with Gasteiger partial charge in [0.1, 0.15) is 12.3 Å². The number of hydrogen-bond acceptors (Lipinski definition) is 5. The summed E-state index contributed by atoms with van der Waals surface area (Å²) in [7, 11) is -3.70. The number of rotatable bonds is 8. The normalized spacial score (nSPS) is 14.0. The predicted octanol–water partition coefficient (Wildman–Crippen LogP) is 3.31. The fourth-order valence-corrected chi connectivity index (χ4v) is 4.43. The zero-order valence-electron chi connectivity index (χ0n) is 18.8. The van der Waals surface area contributed by atoms with E-state index in [1.165, 1.54) is 0 Å². The minimum absolute atomic E-state index is 0.00658. The van der Waals surface area contributed by atoms with Gasteiger partial charge in [0.25, 0.3) is 0 Å². The average molecular weight is 460 g/mol. The molecule has 2 aromatic rings. The molecular weight excluding hydrogens is 430 g/mol. The van der Waals surface area contributed by atoms with Crippen LogP contribution in [0.1, 0.15) is 32.3 Å². The molecule has 0 bridgehead atoms. The van der Waals surface area contributed by atoms with E-state index in [1.54, 1.807) is 41.3 Å². The van der Waals surface area contributed by atoms with E-state index in [0.717, 1.165) is 28.2 Å². The van der Waals surface area contributed by atoms with Crippen LogP contribution in [0.25, 0.3) is 0 Å². The molecule has 0 aromatic heterocycles. The lowest BCUT2D eigenvalue weighted by atomic mass is 10.1. The van der Waals surface area contributed by atoms with Crippen LogP contribution in [0.2, 0.25) is 0 Å². The van der Waals surface area contributed by atoms with Crippen LogP contribution in [-0.4, -0.2) is 45.7 Å². The fraction of sp³-hybridized carbons (Fsp3) is 0.391. The molecule has 1 heterocycles. The van der Waals surface area contributed by atoms with E-state index in [0.29, 0.717) is 30.1 Å². The van der Waals surface area contributed by atoms with Gasteiger partial charge >= 0.3 is 0 Å². The van der Waals surface area contributed by atoms with Gasteiger partial charge in [0.05, 0.1) is 18.0 Å². The fourth-order valence-electron chi connectivity index (χ4n) is 3.57. The first kappa shape index (κ1) is 23.6. The van der Waals surface area contributed by atoms with Gasteiger partial charge in [0.15, 0.2) is 0 Å².